The Morgan fingerprint density at radius 2 is 2.41 bits per heavy atom. The Morgan fingerprint density at radius 3 is 3.00 bits per heavy atom. The van der Waals surface area contributed by atoms with Crippen LogP contribution in [0.2, 0.25) is 0 Å². The zero-order valence-corrected chi connectivity index (χ0v) is 11.0. The first-order valence-corrected chi connectivity index (χ1v) is 6.48. The summed E-state index contributed by atoms with van der Waals surface area (Å²) in [6.45, 7) is 8.11. The molecule has 2 heterocycles. The molecule has 1 aromatic heterocycles. The molecule has 0 aromatic carbocycles. The second-order valence-corrected chi connectivity index (χ2v) is 5.52. The van der Waals surface area contributed by atoms with Crippen LogP contribution in [0.25, 0.3) is 0 Å². The van der Waals surface area contributed by atoms with Crippen LogP contribution in [-0.4, -0.2) is 33.6 Å². The molecule has 2 unspecified atom stereocenters. The number of aromatic nitrogens is 2. The Kier molecular flexibility index (Phi) is 3.54. The van der Waals surface area contributed by atoms with E-state index < -0.39 is 5.60 Å². The number of rotatable bonds is 3. The molecule has 2 N–H and O–H groups in total. The van der Waals surface area contributed by atoms with Crippen molar-refractivity contribution in [2.24, 2.45) is 5.92 Å². The zero-order valence-electron chi connectivity index (χ0n) is 11.0. The second-order valence-electron chi connectivity index (χ2n) is 5.52. The van der Waals surface area contributed by atoms with Gasteiger partial charge < -0.3 is 10.4 Å². The Hall–Kier alpha value is -0.870. The summed E-state index contributed by atoms with van der Waals surface area (Å²) < 4.78 is 1.95. The van der Waals surface area contributed by atoms with E-state index in [-0.39, 0.29) is 5.92 Å². The van der Waals surface area contributed by atoms with Gasteiger partial charge in [0.1, 0.15) is 0 Å². The molecule has 17 heavy (non-hydrogen) atoms. The number of nitrogens with zero attached hydrogens (tertiary/aromatic N) is 2. The fourth-order valence-corrected chi connectivity index (χ4v) is 2.40. The van der Waals surface area contributed by atoms with Gasteiger partial charge in [-0.15, -0.1) is 0 Å². The largest absolute Gasteiger partial charge is 0.389 e. The molecule has 1 saturated heterocycles. The van der Waals surface area contributed by atoms with Crippen molar-refractivity contribution in [3.8, 4) is 0 Å². The lowest BCUT2D eigenvalue weighted by atomic mass is 9.79. The minimum Gasteiger partial charge on any atom is -0.389 e. The molecule has 0 radical (unpaired) electrons. The van der Waals surface area contributed by atoms with Gasteiger partial charge >= 0.3 is 0 Å². The van der Waals surface area contributed by atoms with E-state index in [0.29, 0.717) is 12.5 Å². The van der Waals surface area contributed by atoms with E-state index in [1.165, 1.54) is 0 Å². The Labute approximate surface area is 103 Å². The maximum Gasteiger partial charge on any atom is 0.0753 e. The molecule has 4 heteroatoms. The smallest absolute Gasteiger partial charge is 0.0753 e. The van der Waals surface area contributed by atoms with Crippen LogP contribution >= 0.6 is 0 Å². The molecular weight excluding hydrogens is 214 g/mol. The monoisotopic (exact) mass is 237 g/mol. The van der Waals surface area contributed by atoms with Gasteiger partial charge in [-0.2, -0.15) is 5.10 Å². The van der Waals surface area contributed by atoms with Crippen molar-refractivity contribution in [3.05, 3.63) is 18.0 Å². The topological polar surface area (TPSA) is 50.1 Å². The molecule has 96 valence electrons. The highest BCUT2D eigenvalue weighted by Gasteiger charge is 2.36. The molecule has 0 spiro atoms. The van der Waals surface area contributed by atoms with Gasteiger partial charge in [-0.25, -0.2) is 0 Å². The third-order valence-corrected chi connectivity index (χ3v) is 3.78. The minimum absolute atomic E-state index is 0.278. The van der Waals surface area contributed by atoms with Crippen molar-refractivity contribution in [1.29, 1.82) is 0 Å². The van der Waals surface area contributed by atoms with Crippen molar-refractivity contribution in [2.45, 2.75) is 45.3 Å². The molecule has 2 rings (SSSR count). The standard InChI is InChI=1S/C13H23N3O/c1-10(2)16-7-4-12(15-16)8-13(17)5-6-14-9-11(13)3/h4,7,10-11,14,17H,5-6,8-9H2,1-3H3. The first kappa shape index (κ1) is 12.6. The lowest BCUT2D eigenvalue weighted by Crippen LogP contribution is -2.50. The Bertz CT molecular complexity index is 374. The van der Waals surface area contributed by atoms with Crippen LogP contribution in [-0.2, 0) is 6.42 Å². The molecule has 2 atom stereocenters. The summed E-state index contributed by atoms with van der Waals surface area (Å²) >= 11 is 0. The predicted octanol–water partition coefficient (Wildman–Crippen LogP) is 1.37. The van der Waals surface area contributed by atoms with Crippen molar-refractivity contribution in [3.63, 3.8) is 0 Å². The van der Waals surface area contributed by atoms with E-state index in [4.69, 9.17) is 0 Å². The lowest BCUT2D eigenvalue weighted by molar-refractivity contribution is -0.0338. The third-order valence-electron chi connectivity index (χ3n) is 3.78. The summed E-state index contributed by atoms with van der Waals surface area (Å²) in [6.07, 6.45) is 3.47. The SMILES string of the molecule is CC(C)n1ccc(CC2(O)CCNCC2C)n1. The highest BCUT2D eigenvalue weighted by molar-refractivity contribution is 5.07. The summed E-state index contributed by atoms with van der Waals surface area (Å²) in [4.78, 5) is 0. The summed E-state index contributed by atoms with van der Waals surface area (Å²) in [5.41, 5.74) is 0.400. The fraction of sp³-hybridized carbons (Fsp3) is 0.769. The number of aliphatic hydroxyl groups is 1. The normalized spacial score (nSPS) is 29.8. The van der Waals surface area contributed by atoms with Crippen LogP contribution in [0, 0.1) is 5.92 Å². The average Bonchev–Trinajstić information content (AvgIpc) is 2.71. The van der Waals surface area contributed by atoms with Gasteiger partial charge in [-0.1, -0.05) is 6.92 Å². The fourth-order valence-electron chi connectivity index (χ4n) is 2.40. The second kappa shape index (κ2) is 4.78. The van der Waals surface area contributed by atoms with E-state index in [9.17, 15) is 5.11 Å². The summed E-state index contributed by atoms with van der Waals surface area (Å²) in [6, 6.07) is 2.40. The van der Waals surface area contributed by atoms with E-state index in [0.717, 1.165) is 25.2 Å². The number of hydrogen-bond acceptors (Lipinski definition) is 3. The van der Waals surface area contributed by atoms with Crippen LogP contribution in [0.5, 0.6) is 0 Å². The molecule has 0 bridgehead atoms. The van der Waals surface area contributed by atoms with Crippen LogP contribution in [0.15, 0.2) is 12.3 Å². The molecule has 1 aromatic rings. The van der Waals surface area contributed by atoms with Crippen molar-refractivity contribution in [1.82, 2.24) is 15.1 Å². The van der Waals surface area contributed by atoms with Crippen LogP contribution < -0.4 is 5.32 Å². The van der Waals surface area contributed by atoms with Crippen LogP contribution in [0.4, 0.5) is 0 Å². The average molecular weight is 237 g/mol. The third kappa shape index (κ3) is 2.69. The number of nitrogens with one attached hydrogen (secondary N) is 1. The van der Waals surface area contributed by atoms with E-state index >= 15 is 0 Å². The molecule has 4 nitrogen and oxygen atoms in total. The minimum atomic E-state index is -0.596. The van der Waals surface area contributed by atoms with E-state index in [1.54, 1.807) is 0 Å². The first-order valence-electron chi connectivity index (χ1n) is 6.48. The maximum atomic E-state index is 10.7. The first-order chi connectivity index (χ1) is 8.01. The molecule has 1 aliphatic rings. The zero-order chi connectivity index (χ0) is 12.5. The molecule has 0 saturated carbocycles. The Balaban J connectivity index is 2.08. The summed E-state index contributed by atoms with van der Waals surface area (Å²) in [5, 5.41) is 18.5. The van der Waals surface area contributed by atoms with Gasteiger partial charge in [0.15, 0.2) is 0 Å². The van der Waals surface area contributed by atoms with Gasteiger partial charge in [0, 0.05) is 25.2 Å². The summed E-state index contributed by atoms with van der Waals surface area (Å²) in [5.74, 6) is 0.278. The lowest BCUT2D eigenvalue weighted by Gasteiger charge is -2.38. The molecular formula is C13H23N3O. The molecule has 1 aliphatic heterocycles. The van der Waals surface area contributed by atoms with Crippen LogP contribution in [0.1, 0.15) is 38.9 Å². The summed E-state index contributed by atoms with van der Waals surface area (Å²) in [7, 11) is 0. The maximum absolute atomic E-state index is 10.7. The van der Waals surface area contributed by atoms with Gasteiger partial charge in [0.25, 0.3) is 0 Å². The van der Waals surface area contributed by atoms with E-state index in [2.05, 4.69) is 31.2 Å². The quantitative estimate of drug-likeness (QED) is 0.834. The van der Waals surface area contributed by atoms with Crippen molar-refractivity contribution < 1.29 is 5.11 Å². The van der Waals surface area contributed by atoms with Gasteiger partial charge in [-0.05, 0) is 38.8 Å². The highest BCUT2D eigenvalue weighted by atomic mass is 16.3. The molecule has 0 amide bonds. The van der Waals surface area contributed by atoms with Gasteiger partial charge in [0.2, 0.25) is 0 Å². The predicted molar refractivity (Wildman–Crippen MR) is 67.9 cm³/mol. The van der Waals surface area contributed by atoms with Crippen molar-refractivity contribution in [2.75, 3.05) is 13.1 Å². The van der Waals surface area contributed by atoms with Crippen molar-refractivity contribution >= 4 is 0 Å². The van der Waals surface area contributed by atoms with Crippen LogP contribution in [0.3, 0.4) is 0 Å². The number of hydrogen-bond donors (Lipinski definition) is 2. The Morgan fingerprint density at radius 1 is 1.65 bits per heavy atom. The molecule has 0 aliphatic carbocycles. The highest BCUT2D eigenvalue weighted by Crippen LogP contribution is 2.27. The van der Waals surface area contributed by atoms with Gasteiger partial charge in [0.05, 0.1) is 11.3 Å². The molecule has 1 fully saturated rings. The van der Waals surface area contributed by atoms with Gasteiger partial charge in [-0.3, -0.25) is 4.68 Å². The van der Waals surface area contributed by atoms with E-state index in [1.807, 2.05) is 16.9 Å². The number of piperidine rings is 1.